The normalized spacial score (nSPS) is 11.4. The summed E-state index contributed by atoms with van der Waals surface area (Å²) in [6, 6.07) is 10.9. The Kier molecular flexibility index (Phi) is 2.06. The highest BCUT2D eigenvalue weighted by Gasteiger charge is 2.13. The Morgan fingerprint density at radius 3 is 2.85 bits per heavy atom. The van der Waals surface area contributed by atoms with E-state index in [0.29, 0.717) is 0 Å². The van der Waals surface area contributed by atoms with E-state index in [0.717, 1.165) is 27.8 Å². The number of imidazole rings is 1. The molecular weight excluding hydrogens is 254 g/mol. The molecule has 0 fully saturated rings. The van der Waals surface area contributed by atoms with Gasteiger partial charge in [-0.2, -0.15) is 0 Å². The van der Waals surface area contributed by atoms with Crippen LogP contribution in [-0.2, 0) is 0 Å². The van der Waals surface area contributed by atoms with Crippen molar-refractivity contribution in [2.24, 2.45) is 0 Å². The van der Waals surface area contributed by atoms with Gasteiger partial charge < -0.3 is 9.51 Å². The molecule has 0 radical (unpaired) electrons. The molecule has 0 saturated carbocycles. The molecule has 0 amide bonds. The van der Waals surface area contributed by atoms with E-state index in [2.05, 4.69) is 9.97 Å². The maximum absolute atomic E-state index is 11.1. The second-order valence-electron chi connectivity index (χ2n) is 4.59. The third-order valence-electron chi connectivity index (χ3n) is 3.45. The van der Waals surface area contributed by atoms with Gasteiger partial charge in [-0.1, -0.05) is 6.07 Å². The van der Waals surface area contributed by atoms with Crippen molar-refractivity contribution in [3.05, 3.63) is 54.5 Å². The molecule has 1 N–H and O–H groups in total. The van der Waals surface area contributed by atoms with Crippen molar-refractivity contribution >= 4 is 22.4 Å². The van der Waals surface area contributed by atoms with Crippen molar-refractivity contribution in [1.29, 1.82) is 0 Å². The van der Waals surface area contributed by atoms with Gasteiger partial charge >= 0.3 is 5.97 Å². The fourth-order valence-electron chi connectivity index (χ4n) is 2.51. The third-order valence-corrected chi connectivity index (χ3v) is 3.45. The zero-order valence-electron chi connectivity index (χ0n) is 10.3. The fraction of sp³-hybridized carbons (Fsp3) is 0. The molecule has 1 aromatic carbocycles. The SMILES string of the molecule is O=C(O)c1ccc2cc3c4ncnc-4cccn3c2c1. The highest BCUT2D eigenvalue weighted by Crippen LogP contribution is 2.28. The predicted octanol–water partition coefficient (Wildman–Crippen LogP) is 2.69. The van der Waals surface area contributed by atoms with E-state index >= 15 is 0 Å². The molecule has 20 heavy (non-hydrogen) atoms. The Morgan fingerprint density at radius 1 is 1.10 bits per heavy atom. The smallest absolute Gasteiger partial charge is 0.335 e. The Bertz CT molecular complexity index is 942. The van der Waals surface area contributed by atoms with E-state index < -0.39 is 5.97 Å². The second-order valence-corrected chi connectivity index (χ2v) is 4.59. The zero-order chi connectivity index (χ0) is 13.7. The van der Waals surface area contributed by atoms with Crippen LogP contribution in [0.3, 0.4) is 0 Å². The summed E-state index contributed by atoms with van der Waals surface area (Å²) >= 11 is 0. The topological polar surface area (TPSA) is 67.5 Å². The van der Waals surface area contributed by atoms with E-state index in [9.17, 15) is 4.79 Å². The van der Waals surface area contributed by atoms with Crippen LogP contribution in [0.1, 0.15) is 10.4 Å². The van der Waals surface area contributed by atoms with Crippen LogP contribution < -0.4 is 0 Å². The van der Waals surface area contributed by atoms with Gasteiger partial charge in [0.1, 0.15) is 12.0 Å². The molecule has 3 heterocycles. The number of carboxylic acid groups (broad SMARTS) is 1. The van der Waals surface area contributed by atoms with Crippen LogP contribution in [0.15, 0.2) is 48.9 Å². The van der Waals surface area contributed by atoms with Crippen LogP contribution in [0.5, 0.6) is 0 Å². The summed E-state index contributed by atoms with van der Waals surface area (Å²) in [6.45, 7) is 0. The Balaban J connectivity index is 2.18. The first-order valence-electron chi connectivity index (χ1n) is 6.12. The van der Waals surface area contributed by atoms with Gasteiger partial charge in [0, 0.05) is 11.6 Å². The number of carboxylic acids is 1. The van der Waals surface area contributed by atoms with Gasteiger partial charge in [-0.05, 0) is 30.3 Å². The first-order valence-corrected chi connectivity index (χ1v) is 6.12. The quantitative estimate of drug-likeness (QED) is 0.573. The van der Waals surface area contributed by atoms with Crippen LogP contribution in [0.2, 0.25) is 0 Å². The summed E-state index contributed by atoms with van der Waals surface area (Å²) in [6.07, 6.45) is 3.43. The summed E-state index contributed by atoms with van der Waals surface area (Å²) in [7, 11) is 0. The largest absolute Gasteiger partial charge is 0.478 e. The third kappa shape index (κ3) is 1.40. The predicted molar refractivity (Wildman–Crippen MR) is 74.1 cm³/mol. The van der Waals surface area contributed by atoms with Crippen LogP contribution in [0.25, 0.3) is 27.8 Å². The minimum absolute atomic E-state index is 0.272. The Morgan fingerprint density at radius 2 is 2.00 bits per heavy atom. The van der Waals surface area contributed by atoms with Crippen molar-refractivity contribution in [3.63, 3.8) is 0 Å². The number of nitrogens with zero attached hydrogens (tertiary/aromatic N) is 3. The second kappa shape index (κ2) is 3.77. The van der Waals surface area contributed by atoms with Crippen molar-refractivity contribution in [2.45, 2.75) is 0 Å². The lowest BCUT2D eigenvalue weighted by Gasteiger charge is -1.97. The Hall–Kier alpha value is -2.95. The van der Waals surface area contributed by atoms with Crippen molar-refractivity contribution in [3.8, 4) is 11.4 Å². The molecule has 0 saturated heterocycles. The van der Waals surface area contributed by atoms with E-state index in [1.54, 1.807) is 12.1 Å². The molecule has 0 aliphatic carbocycles. The van der Waals surface area contributed by atoms with Crippen LogP contribution in [-0.4, -0.2) is 25.4 Å². The fourth-order valence-corrected chi connectivity index (χ4v) is 2.51. The number of benzene rings is 1. The van der Waals surface area contributed by atoms with Gasteiger partial charge in [-0.25, -0.2) is 14.8 Å². The van der Waals surface area contributed by atoms with Crippen LogP contribution >= 0.6 is 0 Å². The zero-order valence-corrected chi connectivity index (χ0v) is 10.3. The summed E-state index contributed by atoms with van der Waals surface area (Å²) in [5.74, 6) is -0.930. The maximum Gasteiger partial charge on any atom is 0.335 e. The molecule has 5 nitrogen and oxygen atoms in total. The van der Waals surface area contributed by atoms with Crippen LogP contribution in [0.4, 0.5) is 0 Å². The lowest BCUT2D eigenvalue weighted by atomic mass is 10.1. The van der Waals surface area contributed by atoms with E-state index in [4.69, 9.17) is 5.11 Å². The molecule has 2 aliphatic heterocycles. The summed E-state index contributed by atoms with van der Waals surface area (Å²) in [4.78, 5) is 19.6. The van der Waals surface area contributed by atoms with Crippen molar-refractivity contribution in [2.75, 3.05) is 0 Å². The van der Waals surface area contributed by atoms with Crippen molar-refractivity contribution < 1.29 is 9.90 Å². The number of hydrogen-bond donors (Lipinski definition) is 1. The lowest BCUT2D eigenvalue weighted by molar-refractivity contribution is 0.0697. The summed E-state index contributed by atoms with van der Waals surface area (Å²) < 4.78 is 1.94. The molecule has 96 valence electrons. The molecule has 1 aromatic heterocycles. The first kappa shape index (κ1) is 10.9. The Labute approximate surface area is 113 Å². The van der Waals surface area contributed by atoms with Gasteiger partial charge in [0.25, 0.3) is 0 Å². The van der Waals surface area contributed by atoms with E-state index in [1.807, 2.05) is 34.9 Å². The van der Waals surface area contributed by atoms with Gasteiger partial charge in [0.05, 0.1) is 22.3 Å². The van der Waals surface area contributed by atoms with E-state index in [1.165, 1.54) is 6.33 Å². The minimum atomic E-state index is -0.930. The minimum Gasteiger partial charge on any atom is -0.478 e. The number of fused-ring (bicyclic) bond motifs is 5. The molecule has 5 heteroatoms. The molecule has 0 atom stereocenters. The van der Waals surface area contributed by atoms with Gasteiger partial charge in [-0.15, -0.1) is 0 Å². The molecule has 0 unspecified atom stereocenters. The highest BCUT2D eigenvalue weighted by atomic mass is 16.4. The molecule has 0 bridgehead atoms. The van der Waals surface area contributed by atoms with Crippen molar-refractivity contribution in [1.82, 2.24) is 14.4 Å². The van der Waals surface area contributed by atoms with Gasteiger partial charge in [0.2, 0.25) is 0 Å². The molecule has 0 spiro atoms. The molecule has 2 aliphatic rings. The molecular formula is C15H9N3O2. The highest BCUT2D eigenvalue weighted by molar-refractivity contribution is 5.97. The monoisotopic (exact) mass is 263 g/mol. The number of aromatic nitrogens is 3. The number of aromatic carboxylic acids is 1. The molecule has 4 rings (SSSR count). The van der Waals surface area contributed by atoms with Gasteiger partial charge in [-0.3, -0.25) is 0 Å². The first-order chi connectivity index (χ1) is 9.74. The standard InChI is InChI=1S/C15H9N3O2/c19-15(20)10-4-3-9-6-13-14-11(16-8-17-14)2-1-5-18(13)12(9)7-10/h1-8H,(H,19,20). The molecule has 2 aromatic rings. The summed E-state index contributed by atoms with van der Waals surface area (Å²) in [5, 5.41) is 10.1. The van der Waals surface area contributed by atoms with Crippen LogP contribution in [0, 0.1) is 0 Å². The average molecular weight is 263 g/mol. The maximum atomic E-state index is 11.1. The van der Waals surface area contributed by atoms with E-state index in [-0.39, 0.29) is 5.56 Å². The number of carbonyl (C=O) groups is 1. The average Bonchev–Trinajstić information content (AvgIpc) is 2.99. The number of rotatable bonds is 1. The summed E-state index contributed by atoms with van der Waals surface area (Å²) in [5.41, 5.74) is 3.67. The lowest BCUT2D eigenvalue weighted by Crippen LogP contribution is -1.95. The number of hydrogen-bond acceptors (Lipinski definition) is 3. The van der Waals surface area contributed by atoms with Gasteiger partial charge in [0.15, 0.2) is 0 Å².